The molecule has 0 bridgehead atoms. The molecule has 118 valence electrons. The van der Waals surface area contributed by atoms with Gasteiger partial charge in [-0.25, -0.2) is 4.39 Å². The Hall–Kier alpha value is -2.46. The Bertz CT molecular complexity index is 704. The van der Waals surface area contributed by atoms with Crippen LogP contribution >= 0.6 is 0 Å². The molecule has 0 aliphatic carbocycles. The van der Waals surface area contributed by atoms with Gasteiger partial charge in [-0.15, -0.1) is 0 Å². The molecule has 0 N–H and O–H groups in total. The molecular formula is C19H18FNO2. The quantitative estimate of drug-likeness (QED) is 0.639. The molecule has 23 heavy (non-hydrogen) atoms. The number of halogens is 1. The number of nitrogens with zero attached hydrogens (tertiary/aromatic N) is 1. The number of rotatable bonds is 4. The molecule has 0 saturated carbocycles. The van der Waals surface area contributed by atoms with E-state index in [0.29, 0.717) is 11.1 Å². The smallest absolute Gasteiger partial charge is 0.185 e. The van der Waals surface area contributed by atoms with E-state index in [9.17, 15) is 9.18 Å². The van der Waals surface area contributed by atoms with Crippen molar-refractivity contribution in [3.05, 3.63) is 71.6 Å². The van der Waals surface area contributed by atoms with Gasteiger partial charge in [-0.3, -0.25) is 4.79 Å². The number of carbonyl (C=O) groups excluding carboxylic acids is 1. The molecule has 0 atom stereocenters. The molecule has 0 aromatic heterocycles. The van der Waals surface area contributed by atoms with Gasteiger partial charge in [-0.2, -0.15) is 0 Å². The summed E-state index contributed by atoms with van der Waals surface area (Å²) in [7, 11) is 0. The Balaban J connectivity index is 1.69. The van der Waals surface area contributed by atoms with Crippen LogP contribution in [0.25, 0.3) is 6.08 Å². The van der Waals surface area contributed by atoms with E-state index in [1.165, 1.54) is 18.2 Å². The van der Waals surface area contributed by atoms with Crippen molar-refractivity contribution in [1.82, 2.24) is 0 Å². The predicted octanol–water partition coefficient (Wildman–Crippen LogP) is 3.56. The van der Waals surface area contributed by atoms with Crippen molar-refractivity contribution in [2.75, 3.05) is 31.2 Å². The molecule has 3 nitrogen and oxygen atoms in total. The van der Waals surface area contributed by atoms with Gasteiger partial charge in [0, 0.05) is 29.9 Å². The van der Waals surface area contributed by atoms with Crippen LogP contribution < -0.4 is 4.90 Å². The van der Waals surface area contributed by atoms with Crippen LogP contribution in [0.1, 0.15) is 15.9 Å². The summed E-state index contributed by atoms with van der Waals surface area (Å²) in [4.78, 5) is 14.4. The van der Waals surface area contributed by atoms with E-state index >= 15 is 0 Å². The van der Waals surface area contributed by atoms with Crippen LogP contribution in [0.2, 0.25) is 0 Å². The summed E-state index contributed by atoms with van der Waals surface area (Å²) >= 11 is 0. The molecule has 1 saturated heterocycles. The number of hydrogen-bond donors (Lipinski definition) is 0. The molecule has 4 heteroatoms. The van der Waals surface area contributed by atoms with Crippen molar-refractivity contribution in [1.29, 1.82) is 0 Å². The second-order valence-electron chi connectivity index (χ2n) is 5.37. The van der Waals surface area contributed by atoms with E-state index in [0.717, 1.165) is 32.0 Å². The first-order valence-electron chi connectivity index (χ1n) is 7.64. The van der Waals surface area contributed by atoms with Gasteiger partial charge >= 0.3 is 0 Å². The van der Waals surface area contributed by atoms with Gasteiger partial charge in [0.25, 0.3) is 0 Å². The van der Waals surface area contributed by atoms with Crippen LogP contribution in [0, 0.1) is 5.82 Å². The van der Waals surface area contributed by atoms with Crippen molar-refractivity contribution >= 4 is 17.5 Å². The van der Waals surface area contributed by atoms with Crippen LogP contribution in [-0.4, -0.2) is 32.1 Å². The fourth-order valence-electron chi connectivity index (χ4n) is 2.53. The second-order valence-corrected chi connectivity index (χ2v) is 5.37. The van der Waals surface area contributed by atoms with Crippen LogP contribution in [0.5, 0.6) is 0 Å². The summed E-state index contributed by atoms with van der Waals surface area (Å²) in [5, 5.41) is 0. The fourth-order valence-corrected chi connectivity index (χ4v) is 2.53. The number of ether oxygens (including phenoxy) is 1. The van der Waals surface area contributed by atoms with E-state index in [-0.39, 0.29) is 11.6 Å². The van der Waals surface area contributed by atoms with Crippen LogP contribution in [-0.2, 0) is 4.74 Å². The van der Waals surface area contributed by atoms with Gasteiger partial charge in [-0.1, -0.05) is 18.2 Å². The zero-order valence-electron chi connectivity index (χ0n) is 12.7. The lowest BCUT2D eigenvalue weighted by atomic mass is 10.1. The third kappa shape index (κ3) is 3.85. The third-order valence-electron chi connectivity index (χ3n) is 3.85. The molecule has 1 heterocycles. The topological polar surface area (TPSA) is 29.5 Å². The summed E-state index contributed by atoms with van der Waals surface area (Å²) in [5.41, 5.74) is 2.09. The molecule has 2 aromatic rings. The first-order chi connectivity index (χ1) is 11.2. The average Bonchev–Trinajstić information content (AvgIpc) is 2.62. The minimum absolute atomic E-state index is 0.137. The van der Waals surface area contributed by atoms with Crippen LogP contribution in [0.15, 0.2) is 54.6 Å². The van der Waals surface area contributed by atoms with Crippen molar-refractivity contribution in [2.45, 2.75) is 0 Å². The Kier molecular flexibility index (Phi) is 4.83. The summed E-state index contributed by atoms with van der Waals surface area (Å²) in [6.45, 7) is 3.18. The van der Waals surface area contributed by atoms with E-state index in [4.69, 9.17) is 4.74 Å². The van der Waals surface area contributed by atoms with Gasteiger partial charge < -0.3 is 9.64 Å². The van der Waals surface area contributed by atoms with Crippen molar-refractivity contribution < 1.29 is 13.9 Å². The van der Waals surface area contributed by atoms with Gasteiger partial charge in [0.05, 0.1) is 13.2 Å². The number of hydrogen-bond acceptors (Lipinski definition) is 3. The normalized spacial score (nSPS) is 15.1. The molecule has 3 rings (SSSR count). The standard InChI is InChI=1S/C19H18FNO2/c20-18-4-2-1-3-15(18)7-10-19(22)16-5-8-17(9-6-16)21-11-13-23-14-12-21/h1-10H,11-14H2/b10-7+. The van der Waals surface area contributed by atoms with Crippen molar-refractivity contribution in [3.8, 4) is 0 Å². The van der Waals surface area contributed by atoms with Gasteiger partial charge in [0.15, 0.2) is 5.78 Å². The summed E-state index contributed by atoms with van der Waals surface area (Å²) < 4.78 is 18.9. The van der Waals surface area contributed by atoms with Crippen LogP contribution in [0.4, 0.5) is 10.1 Å². The highest BCUT2D eigenvalue weighted by molar-refractivity contribution is 6.07. The fraction of sp³-hybridized carbons (Fsp3) is 0.211. The zero-order valence-corrected chi connectivity index (χ0v) is 12.7. The monoisotopic (exact) mass is 311 g/mol. The highest BCUT2D eigenvalue weighted by Gasteiger charge is 2.11. The zero-order chi connectivity index (χ0) is 16.1. The summed E-state index contributed by atoms with van der Waals surface area (Å²) in [6.07, 6.45) is 2.91. The van der Waals surface area contributed by atoms with Gasteiger partial charge in [-0.05, 0) is 42.5 Å². The van der Waals surface area contributed by atoms with Crippen molar-refractivity contribution in [2.24, 2.45) is 0 Å². The maximum Gasteiger partial charge on any atom is 0.185 e. The molecule has 1 aliphatic rings. The van der Waals surface area contributed by atoms with E-state index < -0.39 is 0 Å². The molecule has 0 unspecified atom stereocenters. The Morgan fingerprint density at radius 3 is 2.43 bits per heavy atom. The molecule has 1 fully saturated rings. The number of allylic oxidation sites excluding steroid dienone is 1. The van der Waals surface area contributed by atoms with E-state index in [1.807, 2.05) is 12.1 Å². The Labute approximate surface area is 135 Å². The lowest BCUT2D eigenvalue weighted by molar-refractivity contribution is 0.104. The minimum Gasteiger partial charge on any atom is -0.378 e. The Morgan fingerprint density at radius 1 is 1.04 bits per heavy atom. The summed E-state index contributed by atoms with van der Waals surface area (Å²) in [5.74, 6) is -0.471. The van der Waals surface area contributed by atoms with E-state index in [1.54, 1.807) is 30.3 Å². The predicted molar refractivity (Wildman–Crippen MR) is 89.2 cm³/mol. The first kappa shape index (κ1) is 15.4. The molecule has 1 aliphatic heterocycles. The first-order valence-corrected chi connectivity index (χ1v) is 7.64. The maximum absolute atomic E-state index is 13.5. The number of ketones is 1. The number of morpholine rings is 1. The molecule has 2 aromatic carbocycles. The molecule has 0 spiro atoms. The van der Waals surface area contributed by atoms with Gasteiger partial charge in [0.1, 0.15) is 5.82 Å². The third-order valence-corrected chi connectivity index (χ3v) is 3.85. The number of benzene rings is 2. The number of anilines is 1. The van der Waals surface area contributed by atoms with Crippen LogP contribution in [0.3, 0.4) is 0 Å². The maximum atomic E-state index is 13.5. The van der Waals surface area contributed by atoms with E-state index in [2.05, 4.69) is 4.90 Å². The van der Waals surface area contributed by atoms with Gasteiger partial charge in [0.2, 0.25) is 0 Å². The molecular weight excluding hydrogens is 293 g/mol. The summed E-state index contributed by atoms with van der Waals surface area (Å²) in [6, 6.07) is 13.9. The molecule has 0 radical (unpaired) electrons. The highest BCUT2D eigenvalue weighted by atomic mass is 19.1. The second kappa shape index (κ2) is 7.20. The number of carbonyl (C=O) groups is 1. The van der Waals surface area contributed by atoms with Crippen molar-refractivity contribution in [3.63, 3.8) is 0 Å². The molecule has 0 amide bonds. The average molecular weight is 311 g/mol. The SMILES string of the molecule is O=C(/C=C/c1ccccc1F)c1ccc(N2CCOCC2)cc1. The Morgan fingerprint density at radius 2 is 1.74 bits per heavy atom. The highest BCUT2D eigenvalue weighted by Crippen LogP contribution is 2.17. The lowest BCUT2D eigenvalue weighted by Gasteiger charge is -2.28. The largest absolute Gasteiger partial charge is 0.378 e. The lowest BCUT2D eigenvalue weighted by Crippen LogP contribution is -2.36. The minimum atomic E-state index is -0.334.